The van der Waals surface area contributed by atoms with Gasteiger partial charge in [-0.2, -0.15) is 0 Å². The van der Waals surface area contributed by atoms with Crippen molar-refractivity contribution in [2.24, 2.45) is 11.8 Å². The number of amides is 2. The average molecular weight is 362 g/mol. The number of carbonyl (C=O) groups is 3. The number of rotatable bonds is 7. The zero-order valence-electron chi connectivity index (χ0n) is 15.2. The predicted molar refractivity (Wildman–Crippen MR) is 95.6 cm³/mol. The van der Waals surface area contributed by atoms with Crippen LogP contribution in [0.3, 0.4) is 0 Å². The van der Waals surface area contributed by atoms with Crippen molar-refractivity contribution in [3.8, 4) is 5.75 Å². The lowest BCUT2D eigenvalue weighted by molar-refractivity contribution is -0.142. The molecule has 1 fully saturated rings. The monoisotopic (exact) mass is 362 g/mol. The SMILES string of the molecule is CC(NC(=O)C1CCCN(C(=O)COc2ccccc2)C1)C(C)C(=O)O. The molecule has 7 nitrogen and oxygen atoms in total. The minimum Gasteiger partial charge on any atom is -0.484 e. The molecule has 0 aliphatic carbocycles. The Morgan fingerprint density at radius 2 is 1.96 bits per heavy atom. The van der Waals surface area contributed by atoms with E-state index in [1.165, 1.54) is 0 Å². The van der Waals surface area contributed by atoms with Crippen molar-refractivity contribution in [2.45, 2.75) is 32.7 Å². The molecule has 0 saturated carbocycles. The van der Waals surface area contributed by atoms with Crippen molar-refractivity contribution in [2.75, 3.05) is 19.7 Å². The summed E-state index contributed by atoms with van der Waals surface area (Å²) in [5.74, 6) is -1.67. The third-order valence-electron chi connectivity index (χ3n) is 4.76. The van der Waals surface area contributed by atoms with Gasteiger partial charge in [0.25, 0.3) is 5.91 Å². The lowest BCUT2D eigenvalue weighted by Gasteiger charge is -2.33. The Balaban J connectivity index is 1.84. The molecule has 1 aromatic rings. The zero-order chi connectivity index (χ0) is 19.1. The number of carboxylic acids is 1. The average Bonchev–Trinajstić information content (AvgIpc) is 2.66. The van der Waals surface area contributed by atoms with E-state index in [2.05, 4.69) is 5.32 Å². The molecule has 7 heteroatoms. The van der Waals surface area contributed by atoms with E-state index in [9.17, 15) is 14.4 Å². The number of aliphatic carboxylic acids is 1. The Labute approximate surface area is 153 Å². The van der Waals surface area contributed by atoms with Gasteiger partial charge in [0.05, 0.1) is 11.8 Å². The Bertz CT molecular complexity index is 634. The number of likely N-dealkylation sites (tertiary alicyclic amines) is 1. The summed E-state index contributed by atoms with van der Waals surface area (Å²) in [6.07, 6.45) is 1.42. The molecule has 1 saturated heterocycles. The number of carboxylic acid groups (broad SMARTS) is 1. The van der Waals surface area contributed by atoms with Crippen molar-refractivity contribution in [3.05, 3.63) is 30.3 Å². The maximum atomic E-state index is 12.4. The zero-order valence-corrected chi connectivity index (χ0v) is 15.2. The summed E-state index contributed by atoms with van der Waals surface area (Å²) < 4.78 is 5.48. The molecule has 0 bridgehead atoms. The van der Waals surface area contributed by atoms with Gasteiger partial charge in [0.2, 0.25) is 5.91 Å². The highest BCUT2D eigenvalue weighted by atomic mass is 16.5. The largest absolute Gasteiger partial charge is 0.484 e. The minimum absolute atomic E-state index is 0.0647. The number of para-hydroxylation sites is 1. The van der Waals surface area contributed by atoms with Crippen LogP contribution in [0.5, 0.6) is 5.75 Å². The molecule has 2 N–H and O–H groups in total. The summed E-state index contributed by atoms with van der Waals surface area (Å²) in [4.78, 5) is 37.4. The highest BCUT2D eigenvalue weighted by Crippen LogP contribution is 2.18. The van der Waals surface area contributed by atoms with Crippen LogP contribution in [0.1, 0.15) is 26.7 Å². The normalized spacial score (nSPS) is 19.3. The second-order valence-corrected chi connectivity index (χ2v) is 6.70. The number of nitrogens with zero attached hydrogens (tertiary/aromatic N) is 1. The quantitative estimate of drug-likeness (QED) is 0.767. The molecule has 1 heterocycles. The summed E-state index contributed by atoms with van der Waals surface area (Å²) in [5.41, 5.74) is 0. The number of carbonyl (C=O) groups excluding carboxylic acids is 2. The van der Waals surface area contributed by atoms with Gasteiger partial charge in [-0.05, 0) is 38.8 Å². The highest BCUT2D eigenvalue weighted by Gasteiger charge is 2.30. The van der Waals surface area contributed by atoms with Crippen molar-refractivity contribution >= 4 is 17.8 Å². The lowest BCUT2D eigenvalue weighted by atomic mass is 9.95. The minimum atomic E-state index is -0.948. The fraction of sp³-hybridized carbons (Fsp3) is 0.526. The standard InChI is InChI=1S/C19H26N2O5/c1-13(19(24)25)14(2)20-18(23)15-7-6-10-21(11-15)17(22)12-26-16-8-4-3-5-9-16/h3-5,8-9,13-15H,6-7,10-12H2,1-2H3,(H,20,23)(H,24,25). The van der Waals surface area contributed by atoms with Gasteiger partial charge in [-0.1, -0.05) is 18.2 Å². The first-order valence-electron chi connectivity index (χ1n) is 8.87. The van der Waals surface area contributed by atoms with E-state index in [0.717, 1.165) is 6.42 Å². The van der Waals surface area contributed by atoms with Crippen LogP contribution in [-0.4, -0.2) is 53.5 Å². The Morgan fingerprint density at radius 3 is 2.62 bits per heavy atom. The van der Waals surface area contributed by atoms with E-state index in [1.54, 1.807) is 30.9 Å². The molecule has 2 amide bonds. The highest BCUT2D eigenvalue weighted by molar-refractivity contribution is 5.82. The van der Waals surface area contributed by atoms with E-state index >= 15 is 0 Å². The molecule has 1 aromatic carbocycles. The summed E-state index contributed by atoms with van der Waals surface area (Å²) >= 11 is 0. The molecule has 0 radical (unpaired) electrons. The molecule has 3 unspecified atom stereocenters. The number of piperidine rings is 1. The van der Waals surface area contributed by atoms with Gasteiger partial charge in [0.1, 0.15) is 5.75 Å². The van der Waals surface area contributed by atoms with Gasteiger partial charge in [0, 0.05) is 19.1 Å². The Hall–Kier alpha value is -2.57. The maximum absolute atomic E-state index is 12.4. The van der Waals surface area contributed by atoms with Crippen molar-refractivity contribution in [1.82, 2.24) is 10.2 Å². The van der Waals surface area contributed by atoms with Crippen LogP contribution >= 0.6 is 0 Å². The van der Waals surface area contributed by atoms with E-state index in [1.807, 2.05) is 18.2 Å². The first-order valence-corrected chi connectivity index (χ1v) is 8.87. The predicted octanol–water partition coefficient (Wildman–Crippen LogP) is 1.53. The van der Waals surface area contributed by atoms with Crippen LogP contribution in [0.4, 0.5) is 0 Å². The summed E-state index contributed by atoms with van der Waals surface area (Å²) in [6.45, 7) is 4.10. The number of nitrogens with one attached hydrogen (secondary N) is 1. The van der Waals surface area contributed by atoms with Gasteiger partial charge < -0.3 is 20.1 Å². The number of hydrogen-bond acceptors (Lipinski definition) is 4. The molecule has 2 rings (SSSR count). The summed E-state index contributed by atoms with van der Waals surface area (Å²) in [7, 11) is 0. The van der Waals surface area contributed by atoms with Crippen molar-refractivity contribution in [1.29, 1.82) is 0 Å². The van der Waals surface area contributed by atoms with E-state index in [-0.39, 0.29) is 24.3 Å². The second kappa shape index (κ2) is 9.22. The molecular weight excluding hydrogens is 336 g/mol. The molecule has 26 heavy (non-hydrogen) atoms. The third kappa shape index (κ3) is 5.47. The van der Waals surface area contributed by atoms with Crippen LogP contribution in [-0.2, 0) is 14.4 Å². The molecule has 142 valence electrons. The van der Waals surface area contributed by atoms with E-state index in [0.29, 0.717) is 25.3 Å². The summed E-state index contributed by atoms with van der Waals surface area (Å²) in [5, 5.41) is 11.8. The molecule has 0 aromatic heterocycles. The van der Waals surface area contributed by atoms with Gasteiger partial charge in [-0.25, -0.2) is 0 Å². The summed E-state index contributed by atoms with van der Waals surface area (Å²) in [6, 6.07) is 8.64. The van der Waals surface area contributed by atoms with Crippen LogP contribution in [0.15, 0.2) is 30.3 Å². The molecule has 1 aliphatic heterocycles. The maximum Gasteiger partial charge on any atom is 0.308 e. The molecule has 3 atom stereocenters. The van der Waals surface area contributed by atoms with Gasteiger partial charge in [-0.15, -0.1) is 0 Å². The molecule has 0 spiro atoms. The topological polar surface area (TPSA) is 95.9 Å². The van der Waals surface area contributed by atoms with Crippen LogP contribution in [0.25, 0.3) is 0 Å². The number of ether oxygens (including phenoxy) is 1. The van der Waals surface area contributed by atoms with Crippen molar-refractivity contribution < 1.29 is 24.2 Å². The van der Waals surface area contributed by atoms with Crippen LogP contribution in [0, 0.1) is 11.8 Å². The Kier molecular flexibility index (Phi) is 7.00. The number of hydrogen-bond donors (Lipinski definition) is 2. The lowest BCUT2D eigenvalue weighted by Crippen LogP contribution is -2.49. The fourth-order valence-electron chi connectivity index (χ4n) is 2.85. The van der Waals surface area contributed by atoms with E-state index < -0.39 is 17.9 Å². The van der Waals surface area contributed by atoms with Crippen LogP contribution < -0.4 is 10.1 Å². The van der Waals surface area contributed by atoms with Gasteiger partial charge >= 0.3 is 5.97 Å². The third-order valence-corrected chi connectivity index (χ3v) is 4.76. The molecule has 1 aliphatic rings. The van der Waals surface area contributed by atoms with Crippen molar-refractivity contribution in [3.63, 3.8) is 0 Å². The molecular formula is C19H26N2O5. The number of benzene rings is 1. The fourth-order valence-corrected chi connectivity index (χ4v) is 2.85. The van der Waals surface area contributed by atoms with Crippen LogP contribution in [0.2, 0.25) is 0 Å². The van der Waals surface area contributed by atoms with E-state index in [4.69, 9.17) is 9.84 Å². The van der Waals surface area contributed by atoms with Gasteiger partial charge in [-0.3, -0.25) is 14.4 Å². The first kappa shape index (κ1) is 19.8. The second-order valence-electron chi connectivity index (χ2n) is 6.70. The first-order chi connectivity index (χ1) is 12.4. The Morgan fingerprint density at radius 1 is 1.27 bits per heavy atom. The smallest absolute Gasteiger partial charge is 0.308 e. The van der Waals surface area contributed by atoms with Gasteiger partial charge in [0.15, 0.2) is 6.61 Å².